The molecule has 0 atom stereocenters. The minimum absolute atomic E-state index is 0.0572. The molecule has 24 heavy (non-hydrogen) atoms. The van der Waals surface area contributed by atoms with Crippen LogP contribution in [-0.2, 0) is 9.59 Å². The molecular weight excluding hydrogens is 361 g/mol. The summed E-state index contributed by atoms with van der Waals surface area (Å²) in [6.07, 6.45) is 0. The Balaban J connectivity index is 2.20. The molecule has 0 aromatic heterocycles. The van der Waals surface area contributed by atoms with Gasteiger partial charge in [-0.05, 0) is 24.3 Å². The Labute approximate surface area is 147 Å². The maximum absolute atomic E-state index is 13.3. The van der Waals surface area contributed by atoms with Crippen LogP contribution in [0.4, 0.5) is 20.2 Å². The van der Waals surface area contributed by atoms with Crippen LogP contribution in [0.5, 0.6) is 0 Å². The summed E-state index contributed by atoms with van der Waals surface area (Å²) in [7, 11) is 0. The molecule has 0 heterocycles. The van der Waals surface area contributed by atoms with Crippen LogP contribution in [0.25, 0.3) is 0 Å². The number of amides is 2. The Morgan fingerprint density at radius 1 is 1.08 bits per heavy atom. The zero-order chi connectivity index (χ0) is 17.9. The van der Waals surface area contributed by atoms with E-state index < -0.39 is 30.0 Å². The van der Waals surface area contributed by atoms with Crippen LogP contribution in [0, 0.1) is 11.6 Å². The summed E-state index contributed by atoms with van der Waals surface area (Å²) in [5.41, 5.74) is 0.265. The molecule has 0 fully saturated rings. The van der Waals surface area contributed by atoms with Crippen molar-refractivity contribution in [2.75, 3.05) is 16.8 Å². The predicted octanol–water partition coefficient (Wildman–Crippen LogP) is 4.26. The van der Waals surface area contributed by atoms with Gasteiger partial charge in [-0.15, -0.1) is 0 Å². The van der Waals surface area contributed by atoms with Crippen molar-refractivity contribution in [1.29, 1.82) is 0 Å². The Morgan fingerprint density at radius 3 is 2.25 bits per heavy atom. The van der Waals surface area contributed by atoms with Gasteiger partial charge >= 0.3 is 0 Å². The number of carbonyl (C=O) groups is 2. The van der Waals surface area contributed by atoms with Gasteiger partial charge in [0.2, 0.25) is 11.8 Å². The highest BCUT2D eigenvalue weighted by molar-refractivity contribution is 6.39. The van der Waals surface area contributed by atoms with Gasteiger partial charge in [-0.25, -0.2) is 8.78 Å². The van der Waals surface area contributed by atoms with Crippen LogP contribution in [0.2, 0.25) is 10.0 Å². The Bertz CT molecular complexity index is 779. The molecule has 0 aliphatic heterocycles. The van der Waals surface area contributed by atoms with E-state index in [-0.39, 0.29) is 21.4 Å². The molecule has 126 valence electrons. The average Bonchev–Trinajstić information content (AvgIpc) is 2.51. The smallest absolute Gasteiger partial charge is 0.244 e. The third kappa shape index (κ3) is 4.21. The van der Waals surface area contributed by atoms with E-state index in [4.69, 9.17) is 23.2 Å². The third-order valence-corrected chi connectivity index (χ3v) is 3.75. The highest BCUT2D eigenvalue weighted by Gasteiger charge is 2.19. The van der Waals surface area contributed by atoms with E-state index in [1.807, 2.05) is 0 Å². The average molecular weight is 373 g/mol. The van der Waals surface area contributed by atoms with Gasteiger partial charge in [0.05, 0.1) is 15.7 Å². The second-order valence-corrected chi connectivity index (χ2v) is 5.66. The lowest BCUT2D eigenvalue weighted by Crippen LogP contribution is -2.36. The summed E-state index contributed by atoms with van der Waals surface area (Å²) >= 11 is 11.9. The van der Waals surface area contributed by atoms with Crippen LogP contribution < -0.4 is 10.2 Å². The third-order valence-electron chi connectivity index (χ3n) is 3.12. The van der Waals surface area contributed by atoms with E-state index >= 15 is 0 Å². The highest BCUT2D eigenvalue weighted by Crippen LogP contribution is 2.29. The molecule has 0 aliphatic rings. The Kier molecular flexibility index (Phi) is 5.75. The van der Waals surface area contributed by atoms with Crippen molar-refractivity contribution in [1.82, 2.24) is 0 Å². The van der Waals surface area contributed by atoms with E-state index in [2.05, 4.69) is 5.32 Å². The van der Waals surface area contributed by atoms with Crippen molar-refractivity contribution in [2.24, 2.45) is 0 Å². The van der Waals surface area contributed by atoms with Gasteiger partial charge in [-0.2, -0.15) is 0 Å². The number of halogens is 4. The zero-order valence-electron chi connectivity index (χ0n) is 12.4. The van der Waals surface area contributed by atoms with Gasteiger partial charge in [-0.3, -0.25) is 9.59 Å². The van der Waals surface area contributed by atoms with E-state index in [1.165, 1.54) is 13.0 Å². The molecule has 8 heteroatoms. The maximum atomic E-state index is 13.3. The van der Waals surface area contributed by atoms with E-state index in [9.17, 15) is 18.4 Å². The van der Waals surface area contributed by atoms with Crippen molar-refractivity contribution in [3.8, 4) is 0 Å². The fourth-order valence-electron chi connectivity index (χ4n) is 1.98. The first kappa shape index (κ1) is 18.2. The first-order valence-corrected chi connectivity index (χ1v) is 7.52. The first-order valence-electron chi connectivity index (χ1n) is 6.76. The standard InChI is InChI=1S/C16H12Cl2F2N2O2/c1-9(23)22(10-5-6-13(19)14(20)7-10)8-15(24)21-16-11(17)3-2-4-12(16)18/h2-7H,8H2,1H3,(H,21,24). The zero-order valence-corrected chi connectivity index (χ0v) is 14.0. The lowest BCUT2D eigenvalue weighted by atomic mass is 10.2. The molecule has 0 saturated carbocycles. The second kappa shape index (κ2) is 7.59. The fraction of sp³-hybridized carbons (Fsp3) is 0.125. The van der Waals surface area contributed by atoms with E-state index in [0.29, 0.717) is 0 Å². The Hall–Kier alpha value is -2.18. The number of hydrogen-bond acceptors (Lipinski definition) is 2. The van der Waals surface area contributed by atoms with Crippen LogP contribution in [-0.4, -0.2) is 18.4 Å². The first-order chi connectivity index (χ1) is 11.3. The number of rotatable bonds is 4. The van der Waals surface area contributed by atoms with Crippen molar-refractivity contribution < 1.29 is 18.4 Å². The highest BCUT2D eigenvalue weighted by atomic mass is 35.5. The molecule has 2 aromatic carbocycles. The largest absolute Gasteiger partial charge is 0.322 e. The van der Waals surface area contributed by atoms with Crippen LogP contribution in [0.1, 0.15) is 6.92 Å². The quantitative estimate of drug-likeness (QED) is 0.871. The molecule has 4 nitrogen and oxygen atoms in total. The summed E-state index contributed by atoms with van der Waals surface area (Å²) in [5.74, 6) is -3.27. The van der Waals surface area contributed by atoms with Gasteiger partial charge in [0, 0.05) is 18.7 Å². The van der Waals surface area contributed by atoms with Crippen molar-refractivity contribution in [2.45, 2.75) is 6.92 Å². The SMILES string of the molecule is CC(=O)N(CC(=O)Nc1c(Cl)cccc1Cl)c1ccc(F)c(F)c1. The van der Waals surface area contributed by atoms with Crippen LogP contribution in [0.3, 0.4) is 0 Å². The molecule has 0 aliphatic carbocycles. The number of hydrogen-bond donors (Lipinski definition) is 1. The summed E-state index contributed by atoms with van der Waals surface area (Å²) in [6, 6.07) is 7.62. The number of para-hydroxylation sites is 1. The molecule has 1 N–H and O–H groups in total. The molecule has 0 unspecified atom stereocenters. The van der Waals surface area contributed by atoms with Gasteiger partial charge in [0.25, 0.3) is 0 Å². The van der Waals surface area contributed by atoms with Crippen molar-refractivity contribution >= 4 is 46.4 Å². The van der Waals surface area contributed by atoms with Gasteiger partial charge in [0.1, 0.15) is 6.54 Å². The van der Waals surface area contributed by atoms with Crippen molar-refractivity contribution in [3.63, 3.8) is 0 Å². The molecular formula is C16H12Cl2F2N2O2. The maximum Gasteiger partial charge on any atom is 0.244 e. The molecule has 0 spiro atoms. The number of nitrogens with zero attached hydrogens (tertiary/aromatic N) is 1. The number of nitrogens with one attached hydrogen (secondary N) is 1. The van der Waals surface area contributed by atoms with Crippen LogP contribution in [0.15, 0.2) is 36.4 Å². The molecule has 2 rings (SSSR count). The predicted molar refractivity (Wildman–Crippen MR) is 89.5 cm³/mol. The lowest BCUT2D eigenvalue weighted by molar-refractivity contribution is -0.120. The summed E-state index contributed by atoms with van der Waals surface area (Å²) in [5, 5.41) is 2.96. The summed E-state index contributed by atoms with van der Waals surface area (Å²) in [4.78, 5) is 24.9. The minimum Gasteiger partial charge on any atom is -0.322 e. The molecule has 2 amide bonds. The lowest BCUT2D eigenvalue weighted by Gasteiger charge is -2.21. The minimum atomic E-state index is -1.12. The monoisotopic (exact) mass is 372 g/mol. The molecule has 0 radical (unpaired) electrons. The number of benzene rings is 2. The van der Waals surface area contributed by atoms with Gasteiger partial charge < -0.3 is 10.2 Å². The fourth-order valence-corrected chi connectivity index (χ4v) is 2.47. The number of anilines is 2. The van der Waals surface area contributed by atoms with Gasteiger partial charge in [-0.1, -0.05) is 29.3 Å². The van der Waals surface area contributed by atoms with Gasteiger partial charge in [0.15, 0.2) is 11.6 Å². The second-order valence-electron chi connectivity index (χ2n) is 4.85. The van der Waals surface area contributed by atoms with Crippen LogP contribution >= 0.6 is 23.2 Å². The summed E-state index contributed by atoms with van der Waals surface area (Å²) < 4.78 is 26.4. The van der Waals surface area contributed by atoms with Crippen molar-refractivity contribution in [3.05, 3.63) is 58.1 Å². The van der Waals surface area contributed by atoms with E-state index in [0.717, 1.165) is 17.0 Å². The molecule has 2 aromatic rings. The summed E-state index contributed by atoms with van der Waals surface area (Å²) in [6.45, 7) is 0.791. The topological polar surface area (TPSA) is 49.4 Å². The van der Waals surface area contributed by atoms with E-state index in [1.54, 1.807) is 18.2 Å². The Morgan fingerprint density at radius 2 is 1.71 bits per heavy atom. The molecule has 0 saturated heterocycles. The molecule has 0 bridgehead atoms. The normalized spacial score (nSPS) is 10.4. The number of carbonyl (C=O) groups excluding carboxylic acids is 2.